The van der Waals surface area contributed by atoms with Gasteiger partial charge in [-0.15, -0.1) is 0 Å². The van der Waals surface area contributed by atoms with E-state index in [9.17, 15) is 22.0 Å². The number of hydrogen-bond acceptors (Lipinski definition) is 1. The molecule has 76 valence electrons. The zero-order valence-corrected chi connectivity index (χ0v) is 6.84. The molecule has 0 aromatic carbocycles. The summed E-state index contributed by atoms with van der Waals surface area (Å²) in [6.45, 7) is 2.01. The fourth-order valence-electron chi connectivity index (χ4n) is 0.302. The summed E-state index contributed by atoms with van der Waals surface area (Å²) in [4.78, 5) is 0. The van der Waals surface area contributed by atoms with E-state index in [4.69, 9.17) is 5.11 Å². The highest BCUT2D eigenvalue weighted by Crippen LogP contribution is 2.34. The monoisotopic (exact) mass is 202 g/mol. The van der Waals surface area contributed by atoms with E-state index < -0.39 is 17.7 Å². The van der Waals surface area contributed by atoms with E-state index in [1.54, 1.807) is 0 Å². The molecule has 0 aromatic rings. The zero-order chi connectivity index (χ0) is 10.9. The maximum Gasteiger partial charge on any atom is 0.466 e. The number of alkyl halides is 5. The molecular weight excluding hydrogens is 195 g/mol. The van der Waals surface area contributed by atoms with E-state index in [1.165, 1.54) is 5.92 Å². The molecule has 1 N–H and O–H groups in total. The van der Waals surface area contributed by atoms with E-state index in [1.807, 2.05) is 0 Å². The second-order valence-corrected chi connectivity index (χ2v) is 2.88. The molecule has 13 heavy (non-hydrogen) atoms. The van der Waals surface area contributed by atoms with Crippen molar-refractivity contribution in [3.8, 4) is 11.8 Å². The molecule has 0 aliphatic carbocycles. The second kappa shape index (κ2) is 3.14. The van der Waals surface area contributed by atoms with Crippen molar-refractivity contribution in [1.29, 1.82) is 0 Å². The molecule has 1 nitrogen and oxygen atoms in total. The van der Waals surface area contributed by atoms with Gasteiger partial charge in [0, 0.05) is 0 Å². The minimum Gasteiger partial charge on any atom is -0.378 e. The Morgan fingerprint density at radius 2 is 1.31 bits per heavy atom. The van der Waals surface area contributed by atoms with Crippen LogP contribution in [0.15, 0.2) is 0 Å². The van der Waals surface area contributed by atoms with Crippen LogP contribution in [0.4, 0.5) is 22.0 Å². The molecule has 0 fully saturated rings. The summed E-state index contributed by atoms with van der Waals surface area (Å²) in [6.07, 6.45) is -5.70. The Balaban J connectivity index is 4.77. The average Bonchev–Trinajstić information content (AvgIpc) is 1.79. The van der Waals surface area contributed by atoms with Crippen LogP contribution < -0.4 is 0 Å². The van der Waals surface area contributed by atoms with E-state index in [-0.39, 0.29) is 0 Å². The summed E-state index contributed by atoms with van der Waals surface area (Å²) in [5, 5.41) is 8.77. The van der Waals surface area contributed by atoms with Crippen LogP contribution in [0, 0.1) is 11.8 Å². The van der Waals surface area contributed by atoms with Crippen molar-refractivity contribution in [3.63, 3.8) is 0 Å². The summed E-state index contributed by atoms with van der Waals surface area (Å²) >= 11 is 0. The number of hydrogen-bond donors (Lipinski definition) is 1. The van der Waals surface area contributed by atoms with Gasteiger partial charge in [-0.2, -0.15) is 22.0 Å². The number of rotatable bonds is 0. The maximum absolute atomic E-state index is 12.1. The zero-order valence-electron chi connectivity index (χ0n) is 6.84. The minimum atomic E-state index is -5.70. The average molecular weight is 202 g/mol. The van der Waals surface area contributed by atoms with Crippen molar-refractivity contribution in [3.05, 3.63) is 0 Å². The van der Waals surface area contributed by atoms with Crippen molar-refractivity contribution >= 4 is 0 Å². The number of aliphatic hydroxyl groups is 1. The van der Waals surface area contributed by atoms with Crippen molar-refractivity contribution in [2.75, 3.05) is 0 Å². The highest BCUT2D eigenvalue weighted by atomic mass is 19.4. The van der Waals surface area contributed by atoms with Crippen molar-refractivity contribution in [2.24, 2.45) is 0 Å². The van der Waals surface area contributed by atoms with Gasteiger partial charge in [0.25, 0.3) is 0 Å². The summed E-state index contributed by atoms with van der Waals surface area (Å²) in [5.74, 6) is -2.99. The first-order valence-corrected chi connectivity index (χ1v) is 3.17. The SMILES string of the molecule is CC(C)(O)C#CC(F)(F)C(F)(F)F. The van der Waals surface area contributed by atoms with Crippen LogP contribution in [0.3, 0.4) is 0 Å². The predicted molar refractivity (Wildman–Crippen MR) is 35.1 cm³/mol. The van der Waals surface area contributed by atoms with Gasteiger partial charge in [0.15, 0.2) is 0 Å². The minimum absolute atomic E-state index is 0.681. The Kier molecular flexibility index (Phi) is 2.94. The van der Waals surface area contributed by atoms with Crippen LogP contribution >= 0.6 is 0 Å². The van der Waals surface area contributed by atoms with E-state index in [2.05, 4.69) is 0 Å². The van der Waals surface area contributed by atoms with Crippen molar-refractivity contribution in [1.82, 2.24) is 0 Å². The molecule has 0 radical (unpaired) electrons. The van der Waals surface area contributed by atoms with Gasteiger partial charge in [0.05, 0.1) is 0 Å². The van der Waals surface area contributed by atoms with E-state index >= 15 is 0 Å². The quantitative estimate of drug-likeness (QED) is 0.470. The highest BCUT2D eigenvalue weighted by Gasteiger charge is 2.56. The van der Waals surface area contributed by atoms with E-state index in [0.29, 0.717) is 5.92 Å². The smallest absolute Gasteiger partial charge is 0.378 e. The molecule has 6 heteroatoms. The van der Waals surface area contributed by atoms with Crippen LogP contribution in [0.25, 0.3) is 0 Å². The lowest BCUT2D eigenvalue weighted by Gasteiger charge is -2.14. The van der Waals surface area contributed by atoms with Crippen molar-refractivity contribution < 1.29 is 27.1 Å². The van der Waals surface area contributed by atoms with Crippen LogP contribution in [-0.2, 0) is 0 Å². The lowest BCUT2D eigenvalue weighted by atomic mass is 10.1. The molecule has 0 aliphatic rings. The highest BCUT2D eigenvalue weighted by molar-refractivity contribution is 5.18. The Morgan fingerprint density at radius 3 is 1.54 bits per heavy atom. The molecule has 0 saturated carbocycles. The van der Waals surface area contributed by atoms with Gasteiger partial charge in [-0.25, -0.2) is 0 Å². The Bertz CT molecular complexity index is 236. The molecule has 0 rings (SSSR count). The molecule has 0 atom stereocenters. The van der Waals surface area contributed by atoms with Gasteiger partial charge in [0.2, 0.25) is 0 Å². The van der Waals surface area contributed by atoms with Crippen molar-refractivity contribution in [2.45, 2.75) is 31.5 Å². The lowest BCUT2D eigenvalue weighted by molar-refractivity contribution is -0.254. The van der Waals surface area contributed by atoms with Crippen LogP contribution in [0.2, 0.25) is 0 Å². The second-order valence-electron chi connectivity index (χ2n) is 2.88. The molecule has 0 unspecified atom stereocenters. The molecule has 0 amide bonds. The predicted octanol–water partition coefficient (Wildman–Crippen LogP) is 1.96. The standard InChI is InChI=1S/C7H7F5O/c1-5(2,13)3-4-6(8,9)7(10,11)12/h13H,1-2H3. The number of halogens is 5. The van der Waals surface area contributed by atoms with Crippen LogP contribution in [-0.4, -0.2) is 22.8 Å². The Labute approximate surface area is 71.6 Å². The van der Waals surface area contributed by atoms with Crippen LogP contribution in [0.1, 0.15) is 13.8 Å². The summed E-state index contributed by atoms with van der Waals surface area (Å²) in [6, 6.07) is 0. The van der Waals surface area contributed by atoms with Gasteiger partial charge in [-0.1, -0.05) is 5.92 Å². The fraction of sp³-hybridized carbons (Fsp3) is 0.714. The largest absolute Gasteiger partial charge is 0.466 e. The fourth-order valence-corrected chi connectivity index (χ4v) is 0.302. The summed E-state index contributed by atoms with van der Waals surface area (Å²) in [5.41, 5.74) is -1.87. The normalized spacial score (nSPS) is 13.5. The van der Waals surface area contributed by atoms with E-state index in [0.717, 1.165) is 13.8 Å². The van der Waals surface area contributed by atoms with Gasteiger partial charge in [-0.3, -0.25) is 0 Å². The third kappa shape index (κ3) is 4.08. The topological polar surface area (TPSA) is 20.2 Å². The first-order chi connectivity index (χ1) is 5.46. The van der Waals surface area contributed by atoms with Crippen LogP contribution in [0.5, 0.6) is 0 Å². The lowest BCUT2D eigenvalue weighted by Crippen LogP contribution is -2.35. The first kappa shape index (κ1) is 12.2. The molecule has 0 aliphatic heterocycles. The van der Waals surface area contributed by atoms with Gasteiger partial charge in [0.1, 0.15) is 5.60 Å². The maximum atomic E-state index is 12.1. The molecule has 0 bridgehead atoms. The molecular formula is C7H7F5O. The third-order valence-corrected chi connectivity index (χ3v) is 0.881. The molecule has 0 aromatic heterocycles. The van der Waals surface area contributed by atoms with Gasteiger partial charge >= 0.3 is 12.1 Å². The Hall–Kier alpha value is -0.830. The molecule has 0 saturated heterocycles. The third-order valence-electron chi connectivity index (χ3n) is 0.881. The van der Waals surface area contributed by atoms with Gasteiger partial charge in [-0.05, 0) is 19.8 Å². The molecule has 0 spiro atoms. The summed E-state index contributed by atoms with van der Waals surface area (Å²) in [7, 11) is 0. The molecule has 0 heterocycles. The Morgan fingerprint density at radius 1 is 0.923 bits per heavy atom. The first-order valence-electron chi connectivity index (χ1n) is 3.17. The van der Waals surface area contributed by atoms with Gasteiger partial charge < -0.3 is 5.11 Å². The summed E-state index contributed by atoms with van der Waals surface area (Å²) < 4.78 is 58.5.